The Bertz CT molecular complexity index is 1190. The molecule has 0 radical (unpaired) electrons. The summed E-state index contributed by atoms with van der Waals surface area (Å²) in [6, 6.07) is 20.7. The Hall–Kier alpha value is -4.00. The van der Waals surface area contributed by atoms with Crippen LogP contribution in [0.5, 0.6) is 11.5 Å². The maximum absolute atomic E-state index is 12.7. The lowest BCUT2D eigenvalue weighted by Gasteiger charge is -2.21. The van der Waals surface area contributed by atoms with Crippen molar-refractivity contribution in [1.29, 1.82) is 0 Å². The molecule has 0 saturated heterocycles. The third-order valence-corrected chi connectivity index (χ3v) is 6.06. The highest BCUT2D eigenvalue weighted by Crippen LogP contribution is 2.28. The topological polar surface area (TPSA) is 79.9 Å². The van der Waals surface area contributed by atoms with Gasteiger partial charge in [0.15, 0.2) is 6.61 Å². The van der Waals surface area contributed by atoms with Crippen molar-refractivity contribution in [1.82, 2.24) is 4.90 Å². The standard InChI is InChI=1S/C28H31N3O4/c1-19(2)20-8-10-23(11-9-20)29-28(33)30-24-12-13-26-22(16-24)17-31(27(32)18-35-26)15-14-21-6-4-5-7-25(21)34-3/h4-13,16,19H,14-15,17-18H2,1-3H3,(H2,29,30,33). The van der Waals surface area contributed by atoms with E-state index in [1.54, 1.807) is 24.1 Å². The first-order chi connectivity index (χ1) is 16.9. The van der Waals surface area contributed by atoms with E-state index in [0.717, 1.165) is 22.6 Å². The lowest BCUT2D eigenvalue weighted by molar-refractivity contribution is -0.133. The number of urea groups is 1. The highest BCUT2D eigenvalue weighted by atomic mass is 16.5. The van der Waals surface area contributed by atoms with Crippen LogP contribution in [0.15, 0.2) is 66.7 Å². The third kappa shape index (κ3) is 6.12. The van der Waals surface area contributed by atoms with E-state index in [0.29, 0.717) is 36.9 Å². The molecule has 3 aromatic rings. The van der Waals surface area contributed by atoms with Gasteiger partial charge in [-0.05, 0) is 59.9 Å². The number of benzene rings is 3. The number of nitrogens with one attached hydrogen (secondary N) is 2. The van der Waals surface area contributed by atoms with Gasteiger partial charge in [-0.25, -0.2) is 4.79 Å². The lowest BCUT2D eigenvalue weighted by atomic mass is 10.0. The van der Waals surface area contributed by atoms with E-state index in [-0.39, 0.29) is 18.5 Å². The number of hydrogen-bond acceptors (Lipinski definition) is 4. The molecule has 7 heteroatoms. The second-order valence-electron chi connectivity index (χ2n) is 8.84. The summed E-state index contributed by atoms with van der Waals surface area (Å²) >= 11 is 0. The molecule has 182 valence electrons. The van der Waals surface area contributed by atoms with Crippen molar-refractivity contribution in [2.75, 3.05) is 30.9 Å². The van der Waals surface area contributed by atoms with E-state index in [2.05, 4.69) is 24.5 Å². The van der Waals surface area contributed by atoms with E-state index < -0.39 is 0 Å². The average Bonchev–Trinajstić information content (AvgIpc) is 3.01. The van der Waals surface area contributed by atoms with Gasteiger partial charge >= 0.3 is 6.03 Å². The molecule has 4 rings (SSSR count). The number of carbonyl (C=O) groups is 2. The zero-order valence-corrected chi connectivity index (χ0v) is 20.3. The van der Waals surface area contributed by atoms with Crippen LogP contribution in [0.25, 0.3) is 0 Å². The number of ether oxygens (including phenoxy) is 2. The fourth-order valence-electron chi connectivity index (χ4n) is 4.06. The van der Waals surface area contributed by atoms with Gasteiger partial charge in [-0.3, -0.25) is 4.79 Å². The Morgan fingerprint density at radius 3 is 2.49 bits per heavy atom. The second-order valence-corrected chi connectivity index (χ2v) is 8.84. The summed E-state index contributed by atoms with van der Waals surface area (Å²) in [6.07, 6.45) is 0.668. The molecule has 35 heavy (non-hydrogen) atoms. The summed E-state index contributed by atoms with van der Waals surface area (Å²) in [7, 11) is 1.64. The van der Waals surface area contributed by atoms with Crippen LogP contribution in [0, 0.1) is 0 Å². The minimum atomic E-state index is -0.333. The average molecular weight is 474 g/mol. The summed E-state index contributed by atoms with van der Waals surface area (Å²) < 4.78 is 11.2. The van der Waals surface area contributed by atoms with Crippen LogP contribution in [0.4, 0.5) is 16.2 Å². The van der Waals surface area contributed by atoms with Crippen LogP contribution in [0.1, 0.15) is 36.5 Å². The zero-order valence-electron chi connectivity index (χ0n) is 20.3. The number of fused-ring (bicyclic) bond motifs is 1. The Morgan fingerprint density at radius 2 is 1.74 bits per heavy atom. The molecule has 0 bridgehead atoms. The first kappa shape index (κ1) is 24.1. The number of methoxy groups -OCH3 is 1. The van der Waals surface area contributed by atoms with E-state index in [1.807, 2.05) is 54.6 Å². The van der Waals surface area contributed by atoms with Crippen molar-refractivity contribution in [3.63, 3.8) is 0 Å². The lowest BCUT2D eigenvalue weighted by Crippen LogP contribution is -2.34. The molecule has 7 nitrogen and oxygen atoms in total. The maximum Gasteiger partial charge on any atom is 0.323 e. The predicted octanol–water partition coefficient (Wildman–Crippen LogP) is 5.43. The first-order valence-corrected chi connectivity index (χ1v) is 11.8. The molecule has 3 amide bonds. The van der Waals surface area contributed by atoms with Crippen LogP contribution < -0.4 is 20.1 Å². The summed E-state index contributed by atoms with van der Waals surface area (Å²) in [6.45, 7) is 5.18. The van der Waals surface area contributed by atoms with E-state index in [9.17, 15) is 9.59 Å². The Morgan fingerprint density at radius 1 is 1.03 bits per heavy atom. The third-order valence-electron chi connectivity index (χ3n) is 6.06. The maximum atomic E-state index is 12.7. The quantitative estimate of drug-likeness (QED) is 0.480. The normalized spacial score (nSPS) is 13.0. The van der Waals surface area contributed by atoms with E-state index in [4.69, 9.17) is 9.47 Å². The Balaban J connectivity index is 1.41. The molecule has 1 aliphatic rings. The summed E-state index contributed by atoms with van der Waals surface area (Å²) in [5.41, 5.74) is 4.45. The molecule has 1 aliphatic heterocycles. The Kier molecular flexibility index (Phi) is 7.55. The van der Waals surface area contributed by atoms with Crippen LogP contribution >= 0.6 is 0 Å². The van der Waals surface area contributed by atoms with Gasteiger partial charge in [0.2, 0.25) is 0 Å². The van der Waals surface area contributed by atoms with Gasteiger partial charge in [0.25, 0.3) is 5.91 Å². The highest BCUT2D eigenvalue weighted by molar-refractivity contribution is 5.99. The molecular formula is C28H31N3O4. The summed E-state index contributed by atoms with van der Waals surface area (Å²) in [5, 5.41) is 5.73. The van der Waals surface area contributed by atoms with Crippen molar-refractivity contribution >= 4 is 23.3 Å². The molecule has 1 heterocycles. The van der Waals surface area contributed by atoms with Crippen LogP contribution in [0.2, 0.25) is 0 Å². The fourth-order valence-corrected chi connectivity index (χ4v) is 4.06. The molecule has 0 atom stereocenters. The predicted molar refractivity (Wildman–Crippen MR) is 137 cm³/mol. The van der Waals surface area contributed by atoms with Gasteiger partial charge in [0, 0.05) is 30.0 Å². The van der Waals surface area contributed by atoms with Crippen molar-refractivity contribution < 1.29 is 19.1 Å². The van der Waals surface area contributed by atoms with Crippen molar-refractivity contribution in [3.8, 4) is 11.5 Å². The van der Waals surface area contributed by atoms with Gasteiger partial charge in [0.1, 0.15) is 11.5 Å². The minimum absolute atomic E-state index is 0.0153. The number of anilines is 2. The van der Waals surface area contributed by atoms with Crippen LogP contribution in [-0.4, -0.2) is 37.1 Å². The second kappa shape index (κ2) is 11.0. The van der Waals surface area contributed by atoms with Gasteiger partial charge in [0.05, 0.1) is 7.11 Å². The molecule has 0 aromatic heterocycles. The number of nitrogens with zero attached hydrogens (tertiary/aromatic N) is 1. The zero-order chi connectivity index (χ0) is 24.8. The monoisotopic (exact) mass is 473 g/mol. The van der Waals surface area contributed by atoms with Crippen molar-refractivity contribution in [3.05, 3.63) is 83.4 Å². The smallest absolute Gasteiger partial charge is 0.323 e. The first-order valence-electron chi connectivity index (χ1n) is 11.8. The largest absolute Gasteiger partial charge is 0.496 e. The number of para-hydroxylation sites is 1. The summed E-state index contributed by atoms with van der Waals surface area (Å²) in [4.78, 5) is 27.0. The number of carbonyl (C=O) groups excluding carboxylic acids is 2. The number of rotatable bonds is 7. The van der Waals surface area contributed by atoms with E-state index >= 15 is 0 Å². The molecular weight excluding hydrogens is 442 g/mol. The van der Waals surface area contributed by atoms with Crippen molar-refractivity contribution in [2.24, 2.45) is 0 Å². The van der Waals surface area contributed by atoms with Gasteiger partial charge in [-0.1, -0.05) is 44.2 Å². The molecule has 0 saturated carbocycles. The molecule has 0 unspecified atom stereocenters. The molecule has 0 fully saturated rings. The Labute approximate surface area is 206 Å². The molecule has 0 aliphatic carbocycles. The van der Waals surface area contributed by atoms with Gasteiger partial charge in [-0.15, -0.1) is 0 Å². The minimum Gasteiger partial charge on any atom is -0.496 e. The molecule has 3 aromatic carbocycles. The summed E-state index contributed by atoms with van der Waals surface area (Å²) in [5.74, 6) is 1.81. The van der Waals surface area contributed by atoms with Crippen molar-refractivity contribution in [2.45, 2.75) is 32.7 Å². The number of amides is 3. The van der Waals surface area contributed by atoms with Gasteiger partial charge < -0.3 is 25.0 Å². The van der Waals surface area contributed by atoms with E-state index in [1.165, 1.54) is 5.56 Å². The number of hydrogen-bond donors (Lipinski definition) is 2. The van der Waals surface area contributed by atoms with Gasteiger partial charge in [-0.2, -0.15) is 0 Å². The SMILES string of the molecule is COc1ccccc1CCN1Cc2cc(NC(=O)Nc3ccc(C(C)C)cc3)ccc2OCC1=O. The molecule has 2 N–H and O–H groups in total. The highest BCUT2D eigenvalue weighted by Gasteiger charge is 2.22. The van der Waals surface area contributed by atoms with Crippen LogP contribution in [0.3, 0.4) is 0 Å². The molecule has 0 spiro atoms. The van der Waals surface area contributed by atoms with Crippen LogP contribution in [-0.2, 0) is 17.8 Å². The fraction of sp³-hybridized carbons (Fsp3) is 0.286.